The number of benzene rings is 1. The topological polar surface area (TPSA) is 66.4 Å². The molecule has 2 heterocycles. The molecule has 0 radical (unpaired) electrons. The van der Waals surface area contributed by atoms with E-state index in [2.05, 4.69) is 33.8 Å². The summed E-state index contributed by atoms with van der Waals surface area (Å²) in [7, 11) is -2.93. The van der Waals surface area contributed by atoms with Crippen molar-refractivity contribution >= 4 is 21.6 Å². The van der Waals surface area contributed by atoms with E-state index >= 15 is 0 Å². The Morgan fingerprint density at radius 3 is 2.50 bits per heavy atom. The van der Waals surface area contributed by atoms with Gasteiger partial charge in [-0.05, 0) is 31.9 Å². The molecular formula is C19H26N4O2S. The molecule has 1 aliphatic heterocycles. The minimum Gasteiger partial charge on any atom is -0.353 e. The Balaban J connectivity index is 1.82. The summed E-state index contributed by atoms with van der Waals surface area (Å²) in [6.07, 6.45) is 2.43. The van der Waals surface area contributed by atoms with Crippen molar-refractivity contribution in [3.8, 4) is 0 Å². The summed E-state index contributed by atoms with van der Waals surface area (Å²) in [4.78, 5) is 13.4. The molecule has 1 aliphatic rings. The van der Waals surface area contributed by atoms with Gasteiger partial charge in [-0.2, -0.15) is 4.98 Å². The van der Waals surface area contributed by atoms with Crippen molar-refractivity contribution < 1.29 is 8.42 Å². The highest BCUT2D eigenvalue weighted by atomic mass is 32.2. The van der Waals surface area contributed by atoms with Crippen LogP contribution in [0.4, 0.5) is 11.8 Å². The summed E-state index contributed by atoms with van der Waals surface area (Å²) in [5.74, 6) is 1.95. The first-order valence-electron chi connectivity index (χ1n) is 9.11. The van der Waals surface area contributed by atoms with Gasteiger partial charge >= 0.3 is 0 Å². The zero-order chi connectivity index (χ0) is 18.6. The SMILES string of the molecule is CCN(Cc1ccccc1)c1nccc(N(CC)C2CCS(=O)(=O)C2)n1. The molecule has 1 aromatic heterocycles. The smallest absolute Gasteiger partial charge is 0.227 e. The van der Waals surface area contributed by atoms with E-state index < -0.39 is 9.84 Å². The van der Waals surface area contributed by atoms with Crippen LogP contribution in [-0.2, 0) is 16.4 Å². The van der Waals surface area contributed by atoms with Crippen molar-refractivity contribution in [2.75, 3.05) is 34.4 Å². The summed E-state index contributed by atoms with van der Waals surface area (Å²) in [5, 5.41) is 0. The number of hydrogen-bond donors (Lipinski definition) is 0. The Hall–Kier alpha value is -2.15. The summed E-state index contributed by atoms with van der Waals surface area (Å²) in [6.45, 7) is 6.38. The number of aromatic nitrogens is 2. The Bertz CT molecular complexity index is 826. The molecule has 0 N–H and O–H groups in total. The van der Waals surface area contributed by atoms with Crippen LogP contribution in [0.25, 0.3) is 0 Å². The van der Waals surface area contributed by atoms with Crippen LogP contribution in [0.2, 0.25) is 0 Å². The predicted molar refractivity (Wildman–Crippen MR) is 105 cm³/mol. The molecule has 1 atom stereocenters. The number of rotatable bonds is 7. The lowest BCUT2D eigenvalue weighted by atomic mass is 10.2. The van der Waals surface area contributed by atoms with Gasteiger partial charge in [0.05, 0.1) is 11.5 Å². The Labute approximate surface area is 155 Å². The van der Waals surface area contributed by atoms with Crippen LogP contribution in [0.1, 0.15) is 25.8 Å². The summed E-state index contributed by atoms with van der Waals surface area (Å²) >= 11 is 0. The monoisotopic (exact) mass is 374 g/mol. The van der Waals surface area contributed by atoms with Crippen molar-refractivity contribution in [1.82, 2.24) is 9.97 Å². The molecule has 1 aromatic carbocycles. The standard InChI is InChI=1S/C19H26N4O2S/c1-3-22(14-16-8-6-5-7-9-16)19-20-12-10-18(21-19)23(4-2)17-11-13-26(24,25)15-17/h5-10,12,17H,3-4,11,13-15H2,1-2H3. The highest BCUT2D eigenvalue weighted by Crippen LogP contribution is 2.24. The van der Waals surface area contributed by atoms with Gasteiger partial charge in [-0.3, -0.25) is 0 Å². The second-order valence-electron chi connectivity index (χ2n) is 6.56. The third-order valence-electron chi connectivity index (χ3n) is 4.79. The molecule has 0 spiro atoms. The average Bonchev–Trinajstić information content (AvgIpc) is 3.01. The highest BCUT2D eigenvalue weighted by molar-refractivity contribution is 7.91. The van der Waals surface area contributed by atoms with Crippen LogP contribution < -0.4 is 9.80 Å². The van der Waals surface area contributed by atoms with Gasteiger partial charge in [0.1, 0.15) is 5.82 Å². The maximum Gasteiger partial charge on any atom is 0.227 e. The summed E-state index contributed by atoms with van der Waals surface area (Å²) < 4.78 is 23.7. The van der Waals surface area contributed by atoms with Crippen LogP contribution in [0, 0.1) is 0 Å². The van der Waals surface area contributed by atoms with Crippen molar-refractivity contribution in [2.24, 2.45) is 0 Å². The van der Waals surface area contributed by atoms with Crippen LogP contribution in [-0.4, -0.2) is 49.0 Å². The lowest BCUT2D eigenvalue weighted by Gasteiger charge is -2.29. The van der Waals surface area contributed by atoms with E-state index in [1.807, 2.05) is 31.2 Å². The zero-order valence-electron chi connectivity index (χ0n) is 15.4. The van der Waals surface area contributed by atoms with E-state index in [4.69, 9.17) is 4.98 Å². The predicted octanol–water partition coefficient (Wildman–Crippen LogP) is 2.52. The van der Waals surface area contributed by atoms with Gasteiger partial charge in [0, 0.05) is 31.9 Å². The molecule has 1 fully saturated rings. The first-order valence-corrected chi connectivity index (χ1v) is 10.9. The second-order valence-corrected chi connectivity index (χ2v) is 8.79. The minimum atomic E-state index is -2.93. The maximum atomic E-state index is 11.8. The van der Waals surface area contributed by atoms with E-state index in [1.54, 1.807) is 6.20 Å². The van der Waals surface area contributed by atoms with Crippen molar-refractivity contribution in [1.29, 1.82) is 0 Å². The van der Waals surface area contributed by atoms with Crippen LogP contribution >= 0.6 is 0 Å². The largest absolute Gasteiger partial charge is 0.353 e. The summed E-state index contributed by atoms with van der Waals surface area (Å²) in [5.41, 5.74) is 1.21. The normalized spacial score (nSPS) is 18.6. The van der Waals surface area contributed by atoms with Gasteiger partial charge in [-0.1, -0.05) is 30.3 Å². The molecule has 1 unspecified atom stereocenters. The zero-order valence-corrected chi connectivity index (χ0v) is 16.2. The molecule has 6 nitrogen and oxygen atoms in total. The van der Waals surface area contributed by atoms with Crippen LogP contribution in [0.3, 0.4) is 0 Å². The minimum absolute atomic E-state index is 0.00282. The molecule has 3 rings (SSSR count). The molecule has 7 heteroatoms. The highest BCUT2D eigenvalue weighted by Gasteiger charge is 2.32. The molecule has 2 aromatic rings. The molecule has 0 saturated carbocycles. The van der Waals surface area contributed by atoms with E-state index in [9.17, 15) is 8.42 Å². The fraction of sp³-hybridized carbons (Fsp3) is 0.474. The quantitative estimate of drug-likeness (QED) is 0.742. The Morgan fingerprint density at radius 2 is 1.88 bits per heavy atom. The molecule has 0 amide bonds. The number of sulfone groups is 1. The Morgan fingerprint density at radius 1 is 1.12 bits per heavy atom. The van der Waals surface area contributed by atoms with Gasteiger partial charge < -0.3 is 9.80 Å². The van der Waals surface area contributed by atoms with Crippen molar-refractivity contribution in [2.45, 2.75) is 32.9 Å². The fourth-order valence-electron chi connectivity index (χ4n) is 3.41. The molecular weight excluding hydrogens is 348 g/mol. The van der Waals surface area contributed by atoms with Crippen molar-refractivity contribution in [3.63, 3.8) is 0 Å². The number of anilines is 2. The first-order chi connectivity index (χ1) is 12.5. The lowest BCUT2D eigenvalue weighted by Crippen LogP contribution is -2.37. The maximum absolute atomic E-state index is 11.8. The number of nitrogens with zero attached hydrogens (tertiary/aromatic N) is 4. The van der Waals surface area contributed by atoms with Gasteiger partial charge in [0.15, 0.2) is 9.84 Å². The fourth-order valence-corrected chi connectivity index (χ4v) is 5.14. The van der Waals surface area contributed by atoms with E-state index in [1.165, 1.54) is 5.56 Å². The summed E-state index contributed by atoms with van der Waals surface area (Å²) in [6, 6.07) is 12.1. The third-order valence-corrected chi connectivity index (χ3v) is 6.54. The van der Waals surface area contributed by atoms with Crippen LogP contribution in [0.15, 0.2) is 42.6 Å². The second kappa shape index (κ2) is 8.03. The van der Waals surface area contributed by atoms with E-state index in [-0.39, 0.29) is 17.5 Å². The van der Waals surface area contributed by atoms with Gasteiger partial charge in [-0.15, -0.1) is 0 Å². The third kappa shape index (κ3) is 4.33. The van der Waals surface area contributed by atoms with Gasteiger partial charge in [-0.25, -0.2) is 13.4 Å². The van der Waals surface area contributed by atoms with E-state index in [0.717, 1.165) is 25.5 Å². The molecule has 0 aliphatic carbocycles. The molecule has 1 saturated heterocycles. The number of hydrogen-bond acceptors (Lipinski definition) is 6. The van der Waals surface area contributed by atoms with Crippen molar-refractivity contribution in [3.05, 3.63) is 48.2 Å². The van der Waals surface area contributed by atoms with E-state index in [0.29, 0.717) is 12.4 Å². The van der Waals surface area contributed by atoms with Gasteiger partial charge in [0.2, 0.25) is 5.95 Å². The Kier molecular flexibility index (Phi) is 5.76. The molecule has 0 bridgehead atoms. The average molecular weight is 375 g/mol. The molecule has 26 heavy (non-hydrogen) atoms. The van der Waals surface area contributed by atoms with Crippen LogP contribution in [0.5, 0.6) is 0 Å². The lowest BCUT2D eigenvalue weighted by molar-refractivity contribution is 0.599. The first kappa shape index (κ1) is 18.6. The molecule has 140 valence electrons. The van der Waals surface area contributed by atoms with Gasteiger partial charge in [0.25, 0.3) is 0 Å².